The molecule has 6 heteroatoms. The zero-order valence-electron chi connectivity index (χ0n) is 15.4. The number of ether oxygens (including phenoxy) is 2. The quantitative estimate of drug-likeness (QED) is 0.778. The van der Waals surface area contributed by atoms with Crippen LogP contribution in [0, 0.1) is 5.82 Å². The molecular formula is C20H29FN2O3. The monoisotopic (exact) mass is 364 g/mol. The summed E-state index contributed by atoms with van der Waals surface area (Å²) in [4.78, 5) is 16.6. The highest BCUT2D eigenvalue weighted by Gasteiger charge is 2.20. The van der Waals surface area contributed by atoms with Gasteiger partial charge in [0.05, 0.1) is 12.7 Å². The third-order valence-corrected chi connectivity index (χ3v) is 5.06. The van der Waals surface area contributed by atoms with E-state index in [1.54, 1.807) is 0 Å². The van der Waals surface area contributed by atoms with Gasteiger partial charge in [0.15, 0.2) is 0 Å². The fourth-order valence-electron chi connectivity index (χ4n) is 3.53. The number of carbonyl (C=O) groups excluding carboxylic acids is 1. The first kappa shape index (κ1) is 19.3. The molecule has 1 atom stereocenters. The van der Waals surface area contributed by atoms with Crippen molar-refractivity contribution < 1.29 is 18.7 Å². The number of rotatable bonds is 6. The Kier molecular flexibility index (Phi) is 7.41. The maximum absolute atomic E-state index is 13.0. The summed E-state index contributed by atoms with van der Waals surface area (Å²) in [6.07, 6.45) is 4.41. The smallest absolute Gasteiger partial charge is 0.248 e. The van der Waals surface area contributed by atoms with Gasteiger partial charge in [0.1, 0.15) is 12.4 Å². The van der Waals surface area contributed by atoms with Gasteiger partial charge in [-0.25, -0.2) is 4.39 Å². The standard InChI is InChI=1S/C20H29FN2O3/c21-18-7-5-17(6-8-18)14-22-9-3-10-23(12-11-22)20(24)16-25-15-19-4-1-2-13-26-19/h5-8,19H,1-4,9-16H2. The van der Waals surface area contributed by atoms with E-state index in [-0.39, 0.29) is 24.4 Å². The SMILES string of the molecule is O=C(COCC1CCCCO1)N1CCCN(Cc2ccc(F)cc2)CC1. The molecule has 0 saturated carbocycles. The molecule has 1 unspecified atom stereocenters. The van der Waals surface area contributed by atoms with Gasteiger partial charge in [0.2, 0.25) is 5.91 Å². The Labute approximate surface area is 155 Å². The van der Waals surface area contributed by atoms with E-state index in [1.165, 1.54) is 18.6 Å². The highest BCUT2D eigenvalue weighted by Crippen LogP contribution is 2.13. The van der Waals surface area contributed by atoms with E-state index in [0.29, 0.717) is 13.2 Å². The molecule has 1 aromatic rings. The van der Waals surface area contributed by atoms with E-state index in [9.17, 15) is 9.18 Å². The van der Waals surface area contributed by atoms with Gasteiger partial charge in [-0.05, 0) is 43.4 Å². The first-order valence-corrected chi connectivity index (χ1v) is 9.64. The molecule has 0 bridgehead atoms. The van der Waals surface area contributed by atoms with Crippen LogP contribution in [0.25, 0.3) is 0 Å². The van der Waals surface area contributed by atoms with Crippen LogP contribution in [-0.4, -0.2) is 67.8 Å². The normalized spacial score (nSPS) is 22.2. The summed E-state index contributed by atoms with van der Waals surface area (Å²) >= 11 is 0. The summed E-state index contributed by atoms with van der Waals surface area (Å²) < 4.78 is 24.2. The zero-order chi connectivity index (χ0) is 18.2. The van der Waals surface area contributed by atoms with Crippen molar-refractivity contribution in [3.63, 3.8) is 0 Å². The molecule has 2 saturated heterocycles. The molecule has 2 fully saturated rings. The van der Waals surface area contributed by atoms with Crippen LogP contribution in [0.2, 0.25) is 0 Å². The molecule has 3 rings (SSSR count). The Hall–Kier alpha value is -1.50. The Morgan fingerprint density at radius 3 is 2.73 bits per heavy atom. The zero-order valence-corrected chi connectivity index (χ0v) is 15.4. The second-order valence-corrected chi connectivity index (χ2v) is 7.14. The molecule has 0 radical (unpaired) electrons. The molecule has 2 aliphatic heterocycles. The van der Waals surface area contributed by atoms with Crippen molar-refractivity contribution >= 4 is 5.91 Å². The molecule has 0 aliphatic carbocycles. The molecule has 1 amide bonds. The number of halogens is 1. The average molecular weight is 364 g/mol. The molecule has 0 N–H and O–H groups in total. The van der Waals surface area contributed by atoms with E-state index < -0.39 is 0 Å². The van der Waals surface area contributed by atoms with Crippen molar-refractivity contribution in [2.75, 3.05) is 46.0 Å². The number of hydrogen-bond acceptors (Lipinski definition) is 4. The fraction of sp³-hybridized carbons (Fsp3) is 0.650. The Bertz CT molecular complexity index is 561. The van der Waals surface area contributed by atoms with Gasteiger partial charge in [-0.3, -0.25) is 9.69 Å². The van der Waals surface area contributed by atoms with Crippen LogP contribution in [0.3, 0.4) is 0 Å². The third kappa shape index (κ3) is 6.04. The maximum atomic E-state index is 13.0. The summed E-state index contributed by atoms with van der Waals surface area (Å²) in [5, 5.41) is 0. The Balaban J connectivity index is 1.38. The average Bonchev–Trinajstić information content (AvgIpc) is 2.90. The first-order valence-electron chi connectivity index (χ1n) is 9.64. The summed E-state index contributed by atoms with van der Waals surface area (Å²) in [6, 6.07) is 6.64. The highest BCUT2D eigenvalue weighted by atomic mass is 19.1. The van der Waals surface area contributed by atoms with Gasteiger partial charge in [-0.15, -0.1) is 0 Å². The van der Waals surface area contributed by atoms with Gasteiger partial charge in [-0.1, -0.05) is 12.1 Å². The van der Waals surface area contributed by atoms with E-state index in [1.807, 2.05) is 17.0 Å². The van der Waals surface area contributed by atoms with Gasteiger partial charge in [0.25, 0.3) is 0 Å². The number of amides is 1. The van der Waals surface area contributed by atoms with Gasteiger partial charge in [0, 0.05) is 39.3 Å². The van der Waals surface area contributed by atoms with Gasteiger partial charge in [-0.2, -0.15) is 0 Å². The van der Waals surface area contributed by atoms with Crippen LogP contribution in [-0.2, 0) is 20.8 Å². The second-order valence-electron chi connectivity index (χ2n) is 7.14. The molecule has 2 heterocycles. The lowest BCUT2D eigenvalue weighted by molar-refractivity contribution is -0.138. The Morgan fingerprint density at radius 2 is 1.96 bits per heavy atom. The number of benzene rings is 1. The summed E-state index contributed by atoms with van der Waals surface area (Å²) in [5.41, 5.74) is 1.10. The molecule has 26 heavy (non-hydrogen) atoms. The van der Waals surface area contributed by atoms with E-state index in [4.69, 9.17) is 9.47 Å². The summed E-state index contributed by atoms with van der Waals surface area (Å²) in [7, 11) is 0. The minimum Gasteiger partial charge on any atom is -0.376 e. The fourth-order valence-corrected chi connectivity index (χ4v) is 3.53. The van der Waals surface area contributed by atoms with Crippen molar-refractivity contribution in [1.82, 2.24) is 9.80 Å². The molecule has 0 aromatic heterocycles. The van der Waals surface area contributed by atoms with E-state index in [0.717, 1.165) is 57.6 Å². The lowest BCUT2D eigenvalue weighted by Gasteiger charge is -2.24. The highest BCUT2D eigenvalue weighted by molar-refractivity contribution is 5.77. The van der Waals surface area contributed by atoms with Crippen LogP contribution in [0.5, 0.6) is 0 Å². The van der Waals surface area contributed by atoms with Gasteiger partial charge < -0.3 is 14.4 Å². The molecule has 0 spiro atoms. The van der Waals surface area contributed by atoms with Crippen LogP contribution in [0.1, 0.15) is 31.2 Å². The molecule has 2 aliphatic rings. The van der Waals surface area contributed by atoms with Crippen LogP contribution < -0.4 is 0 Å². The lowest BCUT2D eigenvalue weighted by atomic mass is 10.1. The molecular weight excluding hydrogens is 335 g/mol. The molecule has 1 aromatic carbocycles. The summed E-state index contributed by atoms with van der Waals surface area (Å²) in [6.45, 7) is 5.49. The number of hydrogen-bond donors (Lipinski definition) is 0. The predicted octanol–water partition coefficient (Wildman–Crippen LogP) is 2.45. The van der Waals surface area contributed by atoms with E-state index in [2.05, 4.69) is 4.90 Å². The first-order chi connectivity index (χ1) is 12.7. The number of carbonyl (C=O) groups is 1. The van der Waals surface area contributed by atoms with Crippen LogP contribution >= 0.6 is 0 Å². The minimum atomic E-state index is -0.208. The van der Waals surface area contributed by atoms with Crippen LogP contribution in [0.4, 0.5) is 4.39 Å². The third-order valence-electron chi connectivity index (χ3n) is 5.06. The summed E-state index contributed by atoms with van der Waals surface area (Å²) in [5.74, 6) is -0.149. The van der Waals surface area contributed by atoms with Crippen molar-refractivity contribution in [3.05, 3.63) is 35.6 Å². The predicted molar refractivity (Wildman–Crippen MR) is 97.3 cm³/mol. The van der Waals surface area contributed by atoms with Crippen molar-refractivity contribution in [2.24, 2.45) is 0 Å². The maximum Gasteiger partial charge on any atom is 0.248 e. The Morgan fingerprint density at radius 1 is 1.12 bits per heavy atom. The van der Waals surface area contributed by atoms with Gasteiger partial charge >= 0.3 is 0 Å². The topological polar surface area (TPSA) is 42.0 Å². The largest absolute Gasteiger partial charge is 0.376 e. The van der Waals surface area contributed by atoms with Crippen molar-refractivity contribution in [3.8, 4) is 0 Å². The van der Waals surface area contributed by atoms with Crippen molar-refractivity contribution in [1.29, 1.82) is 0 Å². The lowest BCUT2D eigenvalue weighted by Crippen LogP contribution is -2.38. The van der Waals surface area contributed by atoms with Crippen LogP contribution in [0.15, 0.2) is 24.3 Å². The molecule has 144 valence electrons. The molecule has 5 nitrogen and oxygen atoms in total. The minimum absolute atomic E-state index is 0.0597. The number of nitrogens with zero attached hydrogens (tertiary/aromatic N) is 2. The second kappa shape index (κ2) is 10.00. The van der Waals surface area contributed by atoms with Crippen molar-refractivity contribution in [2.45, 2.75) is 38.3 Å². The van der Waals surface area contributed by atoms with E-state index >= 15 is 0 Å².